The SMILES string of the molecule is Cl.N[C@@H](Cc1cccc([N+](=O)[O-])c1)C(=O)O. The molecular formula is C9H11ClN2O4. The second kappa shape index (κ2) is 6.04. The molecule has 0 saturated carbocycles. The summed E-state index contributed by atoms with van der Waals surface area (Å²) in [4.78, 5) is 20.4. The van der Waals surface area contributed by atoms with Crippen LogP contribution in [0.25, 0.3) is 0 Å². The molecule has 1 atom stereocenters. The molecule has 0 bridgehead atoms. The molecule has 88 valence electrons. The molecular weight excluding hydrogens is 236 g/mol. The first-order valence-corrected chi connectivity index (χ1v) is 4.22. The molecule has 16 heavy (non-hydrogen) atoms. The Bertz CT molecular complexity index is 397. The Morgan fingerprint density at radius 1 is 1.56 bits per heavy atom. The van der Waals surface area contributed by atoms with E-state index < -0.39 is 16.9 Å². The van der Waals surface area contributed by atoms with Crippen molar-refractivity contribution >= 4 is 24.1 Å². The molecule has 6 nitrogen and oxygen atoms in total. The molecule has 0 aliphatic carbocycles. The number of hydrogen-bond acceptors (Lipinski definition) is 4. The highest BCUT2D eigenvalue weighted by Gasteiger charge is 2.13. The van der Waals surface area contributed by atoms with Crippen LogP contribution in [-0.4, -0.2) is 22.0 Å². The molecule has 3 N–H and O–H groups in total. The van der Waals surface area contributed by atoms with E-state index in [0.29, 0.717) is 5.56 Å². The van der Waals surface area contributed by atoms with Gasteiger partial charge in [-0.25, -0.2) is 0 Å². The summed E-state index contributed by atoms with van der Waals surface area (Å²) < 4.78 is 0. The maximum absolute atomic E-state index is 10.5. The van der Waals surface area contributed by atoms with Crippen LogP contribution < -0.4 is 5.73 Å². The number of nitrogens with two attached hydrogens (primary N) is 1. The number of carboxylic acid groups (broad SMARTS) is 1. The second-order valence-electron chi connectivity index (χ2n) is 3.08. The zero-order valence-electron chi connectivity index (χ0n) is 8.20. The minimum absolute atomic E-state index is 0. The Hall–Kier alpha value is -1.66. The molecule has 0 unspecified atom stereocenters. The average Bonchev–Trinajstić information content (AvgIpc) is 2.18. The zero-order chi connectivity index (χ0) is 11.4. The van der Waals surface area contributed by atoms with Crippen LogP contribution in [-0.2, 0) is 11.2 Å². The standard InChI is InChI=1S/C9H10N2O4.ClH/c10-8(9(12)13)5-6-2-1-3-7(4-6)11(14)15;/h1-4,8H,5,10H2,(H,12,13);1H/t8-;/m0./s1. The number of nitro groups is 1. The van der Waals surface area contributed by atoms with Gasteiger partial charge in [0.2, 0.25) is 0 Å². The molecule has 0 aliphatic heterocycles. The van der Waals surface area contributed by atoms with E-state index in [4.69, 9.17) is 10.8 Å². The molecule has 1 aromatic rings. The Kier molecular flexibility index (Phi) is 5.41. The van der Waals surface area contributed by atoms with E-state index in [9.17, 15) is 14.9 Å². The summed E-state index contributed by atoms with van der Waals surface area (Å²) in [6.07, 6.45) is 0.0804. The molecule has 0 radical (unpaired) electrons. The quantitative estimate of drug-likeness (QED) is 0.608. The first kappa shape index (κ1) is 14.3. The lowest BCUT2D eigenvalue weighted by Gasteiger charge is -2.05. The van der Waals surface area contributed by atoms with Gasteiger partial charge in [0.05, 0.1) is 4.92 Å². The van der Waals surface area contributed by atoms with Crippen LogP contribution in [0.4, 0.5) is 5.69 Å². The van der Waals surface area contributed by atoms with Gasteiger partial charge in [-0.1, -0.05) is 12.1 Å². The maximum atomic E-state index is 10.5. The highest BCUT2D eigenvalue weighted by Crippen LogP contribution is 2.14. The molecule has 0 amide bonds. The van der Waals surface area contributed by atoms with E-state index in [1.807, 2.05) is 0 Å². The number of rotatable bonds is 4. The van der Waals surface area contributed by atoms with E-state index in [2.05, 4.69) is 0 Å². The Labute approximate surface area is 97.6 Å². The number of carboxylic acids is 1. The molecule has 7 heteroatoms. The first-order chi connectivity index (χ1) is 7.00. The van der Waals surface area contributed by atoms with E-state index in [0.717, 1.165) is 0 Å². The summed E-state index contributed by atoms with van der Waals surface area (Å²) in [5, 5.41) is 19.0. The highest BCUT2D eigenvalue weighted by atomic mass is 35.5. The summed E-state index contributed by atoms with van der Waals surface area (Å²) in [7, 11) is 0. The Morgan fingerprint density at radius 3 is 2.69 bits per heavy atom. The van der Waals surface area contributed by atoms with Crippen molar-refractivity contribution in [1.82, 2.24) is 0 Å². The van der Waals surface area contributed by atoms with Gasteiger partial charge in [-0.2, -0.15) is 0 Å². The van der Waals surface area contributed by atoms with Gasteiger partial charge in [0.15, 0.2) is 0 Å². The number of hydrogen-bond donors (Lipinski definition) is 2. The molecule has 0 saturated heterocycles. The van der Waals surface area contributed by atoms with Crippen molar-refractivity contribution in [2.75, 3.05) is 0 Å². The summed E-state index contributed by atoms with van der Waals surface area (Å²) in [6.45, 7) is 0. The fourth-order valence-corrected chi connectivity index (χ4v) is 1.14. The lowest BCUT2D eigenvalue weighted by atomic mass is 10.1. The van der Waals surface area contributed by atoms with Crippen molar-refractivity contribution in [3.05, 3.63) is 39.9 Å². The van der Waals surface area contributed by atoms with Gasteiger partial charge >= 0.3 is 5.97 Å². The third-order valence-corrected chi connectivity index (χ3v) is 1.89. The number of nitrogens with zero attached hydrogens (tertiary/aromatic N) is 1. The number of nitro benzene ring substituents is 1. The topological polar surface area (TPSA) is 106 Å². The fourth-order valence-electron chi connectivity index (χ4n) is 1.14. The molecule has 1 aromatic carbocycles. The van der Waals surface area contributed by atoms with E-state index in [-0.39, 0.29) is 24.5 Å². The Balaban J connectivity index is 0.00000225. The van der Waals surface area contributed by atoms with Gasteiger partial charge in [0.25, 0.3) is 5.69 Å². The predicted octanol–water partition coefficient (Wildman–Crippen LogP) is 0.971. The molecule has 0 spiro atoms. The van der Waals surface area contributed by atoms with Crippen LogP contribution in [0.3, 0.4) is 0 Å². The predicted molar refractivity (Wildman–Crippen MR) is 59.7 cm³/mol. The molecule has 0 fully saturated rings. The molecule has 0 aromatic heterocycles. The third-order valence-electron chi connectivity index (χ3n) is 1.89. The minimum Gasteiger partial charge on any atom is -0.480 e. The summed E-state index contributed by atoms with van der Waals surface area (Å²) >= 11 is 0. The van der Waals surface area contributed by atoms with Gasteiger partial charge < -0.3 is 10.8 Å². The maximum Gasteiger partial charge on any atom is 0.320 e. The van der Waals surface area contributed by atoms with Crippen LogP contribution in [0.5, 0.6) is 0 Å². The van der Waals surface area contributed by atoms with Gasteiger partial charge in [-0.15, -0.1) is 12.4 Å². The normalized spacial score (nSPS) is 11.3. The first-order valence-electron chi connectivity index (χ1n) is 4.22. The number of halogens is 1. The van der Waals surface area contributed by atoms with Gasteiger partial charge in [-0.3, -0.25) is 14.9 Å². The third kappa shape index (κ3) is 3.84. The lowest BCUT2D eigenvalue weighted by Crippen LogP contribution is -2.32. The zero-order valence-corrected chi connectivity index (χ0v) is 9.02. The summed E-state index contributed by atoms with van der Waals surface area (Å²) in [5.41, 5.74) is 5.78. The second-order valence-corrected chi connectivity index (χ2v) is 3.08. The van der Waals surface area contributed by atoms with Crippen molar-refractivity contribution < 1.29 is 14.8 Å². The van der Waals surface area contributed by atoms with Gasteiger partial charge in [0.1, 0.15) is 6.04 Å². The summed E-state index contributed by atoms with van der Waals surface area (Å²) in [6, 6.07) is 4.74. The van der Waals surface area contributed by atoms with E-state index in [1.165, 1.54) is 18.2 Å². The number of aliphatic carboxylic acids is 1. The van der Waals surface area contributed by atoms with Gasteiger partial charge in [0, 0.05) is 12.1 Å². The largest absolute Gasteiger partial charge is 0.480 e. The molecule has 1 rings (SSSR count). The van der Waals surface area contributed by atoms with Crippen LogP contribution in [0.1, 0.15) is 5.56 Å². The van der Waals surface area contributed by atoms with Crippen LogP contribution in [0.2, 0.25) is 0 Å². The van der Waals surface area contributed by atoms with Crippen molar-refractivity contribution in [3.63, 3.8) is 0 Å². The fraction of sp³-hybridized carbons (Fsp3) is 0.222. The van der Waals surface area contributed by atoms with E-state index >= 15 is 0 Å². The lowest BCUT2D eigenvalue weighted by molar-refractivity contribution is -0.384. The Morgan fingerprint density at radius 2 is 2.19 bits per heavy atom. The summed E-state index contributed by atoms with van der Waals surface area (Å²) in [5.74, 6) is -1.12. The van der Waals surface area contributed by atoms with Crippen molar-refractivity contribution in [3.8, 4) is 0 Å². The number of carbonyl (C=O) groups is 1. The number of non-ortho nitro benzene ring substituents is 1. The van der Waals surface area contributed by atoms with Crippen molar-refractivity contribution in [1.29, 1.82) is 0 Å². The average molecular weight is 247 g/mol. The van der Waals surface area contributed by atoms with Crippen LogP contribution in [0.15, 0.2) is 24.3 Å². The molecule has 0 aliphatic rings. The van der Waals surface area contributed by atoms with Crippen molar-refractivity contribution in [2.24, 2.45) is 5.73 Å². The monoisotopic (exact) mass is 246 g/mol. The van der Waals surface area contributed by atoms with E-state index in [1.54, 1.807) is 6.07 Å². The highest BCUT2D eigenvalue weighted by molar-refractivity contribution is 5.85. The van der Waals surface area contributed by atoms with Crippen LogP contribution in [0, 0.1) is 10.1 Å². The smallest absolute Gasteiger partial charge is 0.320 e. The van der Waals surface area contributed by atoms with Gasteiger partial charge in [-0.05, 0) is 12.0 Å². The molecule has 0 heterocycles. The minimum atomic E-state index is -1.12. The number of benzene rings is 1. The van der Waals surface area contributed by atoms with Crippen LogP contribution >= 0.6 is 12.4 Å². The van der Waals surface area contributed by atoms with Crippen molar-refractivity contribution in [2.45, 2.75) is 12.5 Å².